The van der Waals surface area contributed by atoms with Crippen LogP contribution >= 0.6 is 0 Å². The van der Waals surface area contributed by atoms with Gasteiger partial charge >= 0.3 is 11.9 Å². The zero-order chi connectivity index (χ0) is 25.7. The minimum absolute atomic E-state index is 0.0944. The molecule has 11 nitrogen and oxygen atoms in total. The van der Waals surface area contributed by atoms with Gasteiger partial charge in [0.1, 0.15) is 5.56 Å². The molecule has 3 rings (SSSR count). The SMILES string of the molecule is CCOC(=O)c1cc(NC(=O)CCc2c(C)nc3c(C(N)=O)cnn3c2C)cc(C(=O)OCC)c1. The smallest absolute Gasteiger partial charge is 0.338 e. The summed E-state index contributed by atoms with van der Waals surface area (Å²) in [6.45, 7) is 7.28. The van der Waals surface area contributed by atoms with Crippen LogP contribution in [-0.2, 0) is 20.7 Å². The van der Waals surface area contributed by atoms with Gasteiger partial charge < -0.3 is 20.5 Å². The lowest BCUT2D eigenvalue weighted by Gasteiger charge is -2.13. The van der Waals surface area contributed by atoms with E-state index in [9.17, 15) is 19.2 Å². The lowest BCUT2D eigenvalue weighted by atomic mass is 10.1. The fourth-order valence-electron chi connectivity index (χ4n) is 3.67. The van der Waals surface area contributed by atoms with E-state index in [4.69, 9.17) is 15.2 Å². The highest BCUT2D eigenvalue weighted by Gasteiger charge is 2.19. The van der Waals surface area contributed by atoms with Gasteiger partial charge in [0, 0.05) is 23.5 Å². The van der Waals surface area contributed by atoms with Crippen molar-refractivity contribution in [1.29, 1.82) is 0 Å². The molecule has 2 amide bonds. The van der Waals surface area contributed by atoms with E-state index in [0.717, 1.165) is 11.3 Å². The normalized spacial score (nSPS) is 10.7. The number of benzene rings is 1. The molecule has 1 aromatic carbocycles. The van der Waals surface area contributed by atoms with Crippen LogP contribution in [0.5, 0.6) is 0 Å². The number of aryl methyl sites for hydroxylation is 2. The summed E-state index contributed by atoms with van der Waals surface area (Å²) in [5.41, 5.74) is 8.68. The quantitative estimate of drug-likeness (QED) is 0.441. The number of anilines is 1. The largest absolute Gasteiger partial charge is 0.462 e. The lowest BCUT2D eigenvalue weighted by Crippen LogP contribution is -2.16. The molecule has 0 aliphatic heterocycles. The van der Waals surface area contributed by atoms with Crippen molar-refractivity contribution in [3.05, 3.63) is 58.0 Å². The predicted molar refractivity (Wildman–Crippen MR) is 126 cm³/mol. The highest BCUT2D eigenvalue weighted by molar-refractivity contribution is 6.00. The Hall–Kier alpha value is -4.28. The molecule has 0 bridgehead atoms. The van der Waals surface area contributed by atoms with Crippen molar-refractivity contribution >= 4 is 35.1 Å². The number of primary amides is 1. The third kappa shape index (κ3) is 5.62. The molecule has 2 heterocycles. The summed E-state index contributed by atoms with van der Waals surface area (Å²) in [5.74, 6) is -2.19. The number of hydrogen-bond donors (Lipinski definition) is 2. The summed E-state index contributed by atoms with van der Waals surface area (Å²) in [5, 5.41) is 6.91. The maximum atomic E-state index is 12.7. The van der Waals surface area contributed by atoms with Crippen molar-refractivity contribution < 1.29 is 28.7 Å². The summed E-state index contributed by atoms with van der Waals surface area (Å²) in [7, 11) is 0. The van der Waals surface area contributed by atoms with Gasteiger partial charge in [-0.15, -0.1) is 0 Å². The molecule has 0 saturated carbocycles. The lowest BCUT2D eigenvalue weighted by molar-refractivity contribution is -0.116. The Balaban J connectivity index is 1.80. The molecule has 0 aliphatic rings. The number of esters is 2. The highest BCUT2D eigenvalue weighted by Crippen LogP contribution is 2.20. The first kappa shape index (κ1) is 25.3. The number of carbonyl (C=O) groups excluding carboxylic acids is 4. The second-order valence-corrected chi connectivity index (χ2v) is 7.71. The summed E-state index contributed by atoms with van der Waals surface area (Å²) in [4.78, 5) is 53.2. The zero-order valence-electron chi connectivity index (χ0n) is 20.0. The molecule has 0 atom stereocenters. The van der Waals surface area contributed by atoms with Gasteiger partial charge in [-0.05, 0) is 57.9 Å². The van der Waals surface area contributed by atoms with E-state index in [-0.39, 0.29) is 47.9 Å². The molecule has 0 spiro atoms. The van der Waals surface area contributed by atoms with Crippen LogP contribution in [-0.4, -0.2) is 51.6 Å². The number of rotatable bonds is 9. The van der Waals surface area contributed by atoms with E-state index in [1.165, 1.54) is 28.9 Å². The number of nitrogens with two attached hydrogens (primary N) is 1. The van der Waals surface area contributed by atoms with Crippen molar-refractivity contribution in [2.75, 3.05) is 18.5 Å². The Kier molecular flexibility index (Phi) is 7.80. The Morgan fingerprint density at radius 2 is 1.60 bits per heavy atom. The summed E-state index contributed by atoms with van der Waals surface area (Å²) in [6.07, 6.45) is 1.81. The maximum absolute atomic E-state index is 12.7. The van der Waals surface area contributed by atoms with Crippen LogP contribution in [0.1, 0.15) is 68.3 Å². The first-order chi connectivity index (χ1) is 16.7. The van der Waals surface area contributed by atoms with Crippen molar-refractivity contribution in [3.8, 4) is 0 Å². The second-order valence-electron chi connectivity index (χ2n) is 7.71. The van der Waals surface area contributed by atoms with Gasteiger partial charge in [0.05, 0.1) is 30.5 Å². The Morgan fingerprint density at radius 3 is 2.14 bits per heavy atom. The number of carbonyl (C=O) groups is 4. The first-order valence-corrected chi connectivity index (χ1v) is 11.1. The van der Waals surface area contributed by atoms with Gasteiger partial charge in [-0.25, -0.2) is 19.1 Å². The van der Waals surface area contributed by atoms with Gasteiger partial charge in [-0.1, -0.05) is 0 Å². The monoisotopic (exact) mass is 481 g/mol. The van der Waals surface area contributed by atoms with Crippen molar-refractivity contribution in [2.45, 2.75) is 40.5 Å². The van der Waals surface area contributed by atoms with E-state index in [1.54, 1.807) is 20.8 Å². The molecule has 35 heavy (non-hydrogen) atoms. The van der Waals surface area contributed by atoms with Gasteiger partial charge in [0.15, 0.2) is 5.65 Å². The van der Waals surface area contributed by atoms with E-state index < -0.39 is 17.8 Å². The number of fused-ring (bicyclic) bond motifs is 1. The van der Waals surface area contributed by atoms with E-state index in [1.807, 2.05) is 6.92 Å². The molecule has 0 fully saturated rings. The standard InChI is InChI=1S/C24H27N5O6/c1-5-34-23(32)15-9-16(24(33)35-6-2)11-17(10-15)28-20(30)8-7-18-13(3)27-22-19(21(25)31)12-26-29(22)14(18)4/h9-12H,5-8H2,1-4H3,(H2,25,31)(H,28,30). The molecule has 2 aromatic heterocycles. The predicted octanol–water partition coefficient (Wildman–Crippen LogP) is 2.37. The van der Waals surface area contributed by atoms with Crippen molar-refractivity contribution in [3.63, 3.8) is 0 Å². The number of aromatic nitrogens is 3. The minimum Gasteiger partial charge on any atom is -0.462 e. The minimum atomic E-state index is -0.620. The summed E-state index contributed by atoms with van der Waals surface area (Å²) >= 11 is 0. The van der Waals surface area contributed by atoms with Gasteiger partial charge in [0.2, 0.25) is 5.91 Å². The van der Waals surface area contributed by atoms with Gasteiger partial charge in [-0.3, -0.25) is 9.59 Å². The first-order valence-electron chi connectivity index (χ1n) is 11.1. The molecule has 3 aromatic rings. The van der Waals surface area contributed by atoms with E-state index in [0.29, 0.717) is 17.8 Å². The number of hydrogen-bond acceptors (Lipinski definition) is 8. The average molecular weight is 482 g/mol. The van der Waals surface area contributed by atoms with Crippen LogP contribution in [0, 0.1) is 13.8 Å². The molecule has 3 N–H and O–H groups in total. The topological polar surface area (TPSA) is 155 Å². The third-order valence-corrected chi connectivity index (χ3v) is 5.32. The Labute approximate surface area is 201 Å². The Bertz CT molecular complexity index is 1280. The van der Waals surface area contributed by atoms with Crippen LogP contribution in [0.25, 0.3) is 5.65 Å². The molecule has 0 radical (unpaired) electrons. The van der Waals surface area contributed by atoms with Crippen LogP contribution in [0.4, 0.5) is 5.69 Å². The van der Waals surface area contributed by atoms with Crippen molar-refractivity contribution in [2.24, 2.45) is 5.73 Å². The van der Waals surface area contributed by atoms with Crippen LogP contribution in [0.3, 0.4) is 0 Å². The average Bonchev–Trinajstić information content (AvgIpc) is 3.23. The molecule has 11 heteroatoms. The van der Waals surface area contributed by atoms with Gasteiger partial charge in [0.25, 0.3) is 5.91 Å². The highest BCUT2D eigenvalue weighted by atomic mass is 16.5. The zero-order valence-corrected chi connectivity index (χ0v) is 20.0. The molecule has 184 valence electrons. The number of nitrogens with zero attached hydrogens (tertiary/aromatic N) is 3. The van der Waals surface area contributed by atoms with Crippen LogP contribution in [0.15, 0.2) is 24.4 Å². The molecular formula is C24H27N5O6. The number of nitrogens with one attached hydrogen (secondary N) is 1. The summed E-state index contributed by atoms with van der Waals surface area (Å²) in [6, 6.07) is 4.25. The third-order valence-electron chi connectivity index (χ3n) is 5.32. The Morgan fingerprint density at radius 1 is 1.00 bits per heavy atom. The molecule has 0 unspecified atom stereocenters. The number of amides is 2. The van der Waals surface area contributed by atoms with Crippen molar-refractivity contribution in [1.82, 2.24) is 14.6 Å². The fourth-order valence-corrected chi connectivity index (χ4v) is 3.67. The molecule has 0 saturated heterocycles. The molecular weight excluding hydrogens is 454 g/mol. The van der Waals surface area contributed by atoms with Gasteiger partial charge in [-0.2, -0.15) is 5.10 Å². The second kappa shape index (κ2) is 10.8. The summed E-state index contributed by atoms with van der Waals surface area (Å²) < 4.78 is 11.6. The fraction of sp³-hybridized carbons (Fsp3) is 0.333. The van der Waals surface area contributed by atoms with E-state index in [2.05, 4.69) is 15.4 Å². The van der Waals surface area contributed by atoms with Crippen LogP contribution in [0.2, 0.25) is 0 Å². The maximum Gasteiger partial charge on any atom is 0.338 e. The van der Waals surface area contributed by atoms with Crippen LogP contribution < -0.4 is 11.1 Å². The molecule has 0 aliphatic carbocycles. The number of ether oxygens (including phenoxy) is 2. The van der Waals surface area contributed by atoms with E-state index >= 15 is 0 Å².